The minimum Gasteiger partial charge on any atom is -0.481 e. The lowest BCUT2D eigenvalue weighted by Gasteiger charge is -2.20. The number of carboxylic acids is 1. The summed E-state index contributed by atoms with van der Waals surface area (Å²) in [7, 11) is 0. The first-order chi connectivity index (χ1) is 12.0. The quantitative estimate of drug-likeness (QED) is 0.292. The maximum atomic E-state index is 12.3. The van der Waals surface area contributed by atoms with Gasteiger partial charge in [-0.15, -0.1) is 0 Å². The van der Waals surface area contributed by atoms with E-state index in [2.05, 4.69) is 20.6 Å². The topological polar surface area (TPSA) is 167 Å². The maximum absolute atomic E-state index is 12.3. The van der Waals surface area contributed by atoms with Crippen molar-refractivity contribution in [1.82, 2.24) is 20.6 Å². The van der Waals surface area contributed by atoms with Crippen molar-refractivity contribution in [3.8, 4) is 0 Å². The highest BCUT2D eigenvalue weighted by atomic mass is 16.4. The first-order valence-electron chi connectivity index (χ1n) is 7.90. The lowest BCUT2D eigenvalue weighted by atomic mass is 10.1. The van der Waals surface area contributed by atoms with Crippen LogP contribution in [0.4, 0.5) is 0 Å². The van der Waals surface area contributed by atoms with Crippen LogP contribution in [0, 0.1) is 0 Å². The molecular formula is C15H23N5O5. The van der Waals surface area contributed by atoms with Crippen LogP contribution < -0.4 is 16.4 Å². The number of nitrogens with two attached hydrogens (primary N) is 1. The van der Waals surface area contributed by atoms with Gasteiger partial charge < -0.3 is 31.3 Å². The Hall–Kier alpha value is -2.75. The molecule has 0 aliphatic carbocycles. The number of hydrogen-bond acceptors (Lipinski definition) is 6. The summed E-state index contributed by atoms with van der Waals surface area (Å²) in [5, 5.41) is 13.8. The zero-order chi connectivity index (χ0) is 18.7. The molecule has 2 atom stereocenters. The number of nitrogens with one attached hydrogen (secondary N) is 3. The number of amides is 2. The Bertz CT molecular complexity index is 575. The van der Waals surface area contributed by atoms with Crippen molar-refractivity contribution < 1.29 is 24.3 Å². The number of carbonyl (C=O) groups is 4. The number of imidazole rings is 1. The minimum absolute atomic E-state index is 0.0782. The number of carbonyl (C=O) groups excluding carboxylic acids is 3. The van der Waals surface area contributed by atoms with Gasteiger partial charge in [-0.05, 0) is 19.4 Å². The van der Waals surface area contributed by atoms with E-state index >= 15 is 0 Å². The predicted molar refractivity (Wildman–Crippen MR) is 87.4 cm³/mol. The van der Waals surface area contributed by atoms with Crippen molar-refractivity contribution in [1.29, 1.82) is 0 Å². The van der Waals surface area contributed by atoms with Crippen molar-refractivity contribution in [3.63, 3.8) is 0 Å². The van der Waals surface area contributed by atoms with Crippen molar-refractivity contribution in [2.45, 2.75) is 44.2 Å². The van der Waals surface area contributed by atoms with E-state index in [-0.39, 0.29) is 25.7 Å². The van der Waals surface area contributed by atoms with Crippen molar-refractivity contribution >= 4 is 24.1 Å². The molecule has 0 aliphatic rings. The molecule has 0 aliphatic heterocycles. The second-order valence-electron chi connectivity index (χ2n) is 5.48. The summed E-state index contributed by atoms with van der Waals surface area (Å²) in [6, 6.07) is -1.85. The highest BCUT2D eigenvalue weighted by molar-refractivity contribution is 5.89. The molecule has 0 radical (unpaired) electrons. The fourth-order valence-electron chi connectivity index (χ4n) is 2.12. The number of aromatic nitrogens is 2. The zero-order valence-corrected chi connectivity index (χ0v) is 13.7. The Morgan fingerprint density at radius 3 is 2.64 bits per heavy atom. The largest absolute Gasteiger partial charge is 0.481 e. The Balaban J connectivity index is 2.66. The lowest BCUT2D eigenvalue weighted by Crippen LogP contribution is -2.50. The van der Waals surface area contributed by atoms with E-state index in [0.29, 0.717) is 24.9 Å². The van der Waals surface area contributed by atoms with Crippen LogP contribution in [-0.2, 0) is 25.6 Å². The fourth-order valence-corrected chi connectivity index (χ4v) is 2.12. The van der Waals surface area contributed by atoms with Crippen LogP contribution >= 0.6 is 0 Å². The number of aldehydes is 1. The molecule has 0 aromatic carbocycles. The van der Waals surface area contributed by atoms with Gasteiger partial charge in [0.05, 0.1) is 12.4 Å². The Kier molecular flexibility index (Phi) is 8.86. The average molecular weight is 353 g/mol. The zero-order valence-electron chi connectivity index (χ0n) is 13.7. The first kappa shape index (κ1) is 20.3. The summed E-state index contributed by atoms with van der Waals surface area (Å²) in [4.78, 5) is 52.7. The lowest BCUT2D eigenvalue weighted by molar-refractivity contribution is -0.138. The molecule has 10 heteroatoms. The molecular weight excluding hydrogens is 330 g/mol. The molecule has 6 N–H and O–H groups in total. The summed E-state index contributed by atoms with van der Waals surface area (Å²) in [6.07, 6.45) is 3.98. The Labute approximate surface area is 144 Å². The van der Waals surface area contributed by atoms with Gasteiger partial charge in [-0.1, -0.05) is 0 Å². The first-order valence-corrected chi connectivity index (χ1v) is 7.90. The van der Waals surface area contributed by atoms with Gasteiger partial charge in [-0.3, -0.25) is 14.4 Å². The molecule has 0 saturated heterocycles. The molecule has 10 nitrogen and oxygen atoms in total. The van der Waals surface area contributed by atoms with E-state index in [1.54, 1.807) is 0 Å². The molecule has 1 rings (SSSR count). The van der Waals surface area contributed by atoms with E-state index in [1.807, 2.05) is 0 Å². The van der Waals surface area contributed by atoms with Crippen LogP contribution in [0.25, 0.3) is 0 Å². The highest BCUT2D eigenvalue weighted by Crippen LogP contribution is 2.02. The van der Waals surface area contributed by atoms with Gasteiger partial charge >= 0.3 is 5.97 Å². The van der Waals surface area contributed by atoms with Crippen LogP contribution in [0.15, 0.2) is 12.5 Å². The van der Waals surface area contributed by atoms with E-state index in [0.717, 1.165) is 0 Å². The van der Waals surface area contributed by atoms with E-state index < -0.39 is 29.9 Å². The SMILES string of the molecule is NCCCC(=O)N[C@@H](CCC(=O)O)C(=O)N[C@H](C=O)Cc1cnc[nH]1. The monoisotopic (exact) mass is 353 g/mol. The Morgan fingerprint density at radius 2 is 2.08 bits per heavy atom. The summed E-state index contributed by atoms with van der Waals surface area (Å²) < 4.78 is 0. The molecule has 138 valence electrons. The van der Waals surface area contributed by atoms with Gasteiger partial charge in [-0.25, -0.2) is 4.98 Å². The van der Waals surface area contributed by atoms with E-state index in [9.17, 15) is 19.2 Å². The number of carboxylic acid groups (broad SMARTS) is 1. The second kappa shape index (κ2) is 10.9. The number of H-pyrrole nitrogens is 1. The van der Waals surface area contributed by atoms with Gasteiger partial charge in [0.15, 0.2) is 0 Å². The number of rotatable bonds is 12. The summed E-state index contributed by atoms with van der Waals surface area (Å²) >= 11 is 0. The molecule has 0 bridgehead atoms. The third-order valence-electron chi connectivity index (χ3n) is 3.39. The second-order valence-corrected chi connectivity index (χ2v) is 5.48. The number of aliphatic carboxylic acids is 1. The molecule has 1 aromatic rings. The van der Waals surface area contributed by atoms with Crippen molar-refractivity contribution in [3.05, 3.63) is 18.2 Å². The van der Waals surface area contributed by atoms with E-state index in [4.69, 9.17) is 10.8 Å². The smallest absolute Gasteiger partial charge is 0.303 e. The molecule has 1 aromatic heterocycles. The summed E-state index contributed by atoms with van der Waals surface area (Å²) in [6.45, 7) is 0.330. The van der Waals surface area contributed by atoms with Crippen LogP contribution in [0.3, 0.4) is 0 Å². The molecule has 0 saturated carbocycles. The standard InChI is InChI=1S/C15H23N5O5/c16-5-1-2-13(22)20-12(3-4-14(23)24)15(25)19-11(8-21)6-10-7-17-9-18-10/h7-9,11-12H,1-6,16H2,(H,17,18)(H,19,25)(H,20,22)(H,23,24)/t11-,12-/m0/s1. The van der Waals surface area contributed by atoms with Gasteiger partial charge in [0, 0.05) is 31.2 Å². The predicted octanol–water partition coefficient (Wildman–Crippen LogP) is -1.28. The van der Waals surface area contributed by atoms with Crippen LogP contribution in [0.2, 0.25) is 0 Å². The van der Waals surface area contributed by atoms with Gasteiger partial charge in [0.25, 0.3) is 0 Å². The number of aromatic amines is 1. The Morgan fingerprint density at radius 1 is 1.32 bits per heavy atom. The minimum atomic E-state index is -1.08. The number of nitrogens with zero attached hydrogens (tertiary/aromatic N) is 1. The fraction of sp³-hybridized carbons (Fsp3) is 0.533. The third-order valence-corrected chi connectivity index (χ3v) is 3.39. The summed E-state index contributed by atoms with van der Waals surface area (Å²) in [5.41, 5.74) is 5.99. The van der Waals surface area contributed by atoms with Gasteiger partial charge in [-0.2, -0.15) is 0 Å². The molecule has 1 heterocycles. The normalized spacial score (nSPS) is 12.8. The molecule has 0 unspecified atom stereocenters. The van der Waals surface area contributed by atoms with Crippen LogP contribution in [0.1, 0.15) is 31.4 Å². The molecule has 2 amide bonds. The van der Waals surface area contributed by atoms with Gasteiger partial charge in [0.2, 0.25) is 11.8 Å². The highest BCUT2D eigenvalue weighted by Gasteiger charge is 2.24. The molecule has 0 spiro atoms. The average Bonchev–Trinajstić information content (AvgIpc) is 3.08. The summed E-state index contributed by atoms with van der Waals surface area (Å²) in [5.74, 6) is -2.09. The van der Waals surface area contributed by atoms with Crippen LogP contribution in [0.5, 0.6) is 0 Å². The molecule has 25 heavy (non-hydrogen) atoms. The maximum Gasteiger partial charge on any atom is 0.303 e. The van der Waals surface area contributed by atoms with Gasteiger partial charge in [0.1, 0.15) is 12.3 Å². The number of hydrogen-bond donors (Lipinski definition) is 5. The molecule has 0 fully saturated rings. The third kappa shape index (κ3) is 8.06. The van der Waals surface area contributed by atoms with E-state index in [1.165, 1.54) is 12.5 Å². The van der Waals surface area contributed by atoms with Crippen LogP contribution in [-0.4, -0.2) is 57.8 Å². The van der Waals surface area contributed by atoms with Crippen molar-refractivity contribution in [2.75, 3.05) is 6.54 Å². The van der Waals surface area contributed by atoms with Crippen molar-refractivity contribution in [2.24, 2.45) is 5.73 Å².